The van der Waals surface area contributed by atoms with Gasteiger partial charge in [-0.1, -0.05) is 12.1 Å². The first-order chi connectivity index (χ1) is 9.28. The van der Waals surface area contributed by atoms with Crippen LogP contribution in [0, 0.1) is 0 Å². The minimum Gasteiger partial charge on any atom is -0.486 e. The molecule has 0 saturated carbocycles. The van der Waals surface area contributed by atoms with Gasteiger partial charge in [-0.2, -0.15) is 0 Å². The van der Waals surface area contributed by atoms with Crippen LogP contribution < -0.4 is 14.8 Å². The molecule has 1 aromatic carbocycles. The molecule has 1 aliphatic rings. The fourth-order valence-corrected chi connectivity index (χ4v) is 2.53. The van der Waals surface area contributed by atoms with Crippen LogP contribution >= 0.6 is 15.9 Å². The van der Waals surface area contributed by atoms with Gasteiger partial charge in [-0.3, -0.25) is 0 Å². The third kappa shape index (κ3) is 2.48. The van der Waals surface area contributed by atoms with Gasteiger partial charge in [0.2, 0.25) is 0 Å². The van der Waals surface area contributed by atoms with E-state index in [2.05, 4.69) is 21.2 Å². The molecule has 1 aromatic heterocycles. The van der Waals surface area contributed by atoms with Crippen molar-refractivity contribution in [3.05, 3.63) is 46.8 Å². The average Bonchev–Trinajstić information content (AvgIpc) is 2.86. The number of hydrogen-bond acceptors (Lipinski definition) is 4. The number of furan rings is 1. The van der Waals surface area contributed by atoms with Crippen LogP contribution in [-0.4, -0.2) is 19.8 Å². The van der Waals surface area contributed by atoms with Gasteiger partial charge in [0.15, 0.2) is 22.3 Å². The Kier molecular flexibility index (Phi) is 3.48. The van der Waals surface area contributed by atoms with Gasteiger partial charge in [-0.15, -0.1) is 0 Å². The first-order valence-corrected chi connectivity index (χ1v) is 6.88. The number of para-hydroxylation sites is 2. The summed E-state index contributed by atoms with van der Waals surface area (Å²) in [6.07, 6.45) is -0.127. The molecule has 0 saturated heterocycles. The van der Waals surface area contributed by atoms with Crippen molar-refractivity contribution < 1.29 is 13.9 Å². The minimum atomic E-state index is -0.127. The summed E-state index contributed by atoms with van der Waals surface area (Å²) in [6.45, 7) is 0.487. The van der Waals surface area contributed by atoms with E-state index in [1.54, 1.807) is 0 Å². The molecular formula is C14H14BrNO3. The van der Waals surface area contributed by atoms with E-state index in [1.807, 2.05) is 43.4 Å². The maximum Gasteiger partial charge on any atom is 0.169 e. The number of likely N-dealkylation sites (N-methyl/N-ethyl adjacent to an activating group) is 1. The van der Waals surface area contributed by atoms with Crippen LogP contribution in [0.1, 0.15) is 11.8 Å². The molecule has 0 radical (unpaired) electrons. The van der Waals surface area contributed by atoms with Crippen LogP contribution in [0.25, 0.3) is 0 Å². The van der Waals surface area contributed by atoms with E-state index in [9.17, 15) is 0 Å². The van der Waals surface area contributed by atoms with E-state index in [1.165, 1.54) is 0 Å². The number of nitrogens with one attached hydrogen (secondary N) is 1. The standard InChI is InChI=1S/C14H14BrNO3/c1-16-14(11-6-7-13(15)19-11)12-8-17-9-4-2-3-5-10(9)18-12/h2-7,12,14,16H,8H2,1H3. The summed E-state index contributed by atoms with van der Waals surface area (Å²) in [6, 6.07) is 11.4. The molecule has 0 spiro atoms. The van der Waals surface area contributed by atoms with Crippen molar-refractivity contribution >= 4 is 15.9 Å². The van der Waals surface area contributed by atoms with Crippen molar-refractivity contribution in [2.75, 3.05) is 13.7 Å². The van der Waals surface area contributed by atoms with E-state index in [-0.39, 0.29) is 12.1 Å². The lowest BCUT2D eigenvalue weighted by Gasteiger charge is -2.31. The Hall–Kier alpha value is -1.46. The number of fused-ring (bicyclic) bond motifs is 1. The Balaban J connectivity index is 1.83. The van der Waals surface area contributed by atoms with Crippen LogP contribution in [0.2, 0.25) is 0 Å². The number of hydrogen-bond donors (Lipinski definition) is 1. The van der Waals surface area contributed by atoms with Crippen LogP contribution in [0.4, 0.5) is 0 Å². The lowest BCUT2D eigenvalue weighted by molar-refractivity contribution is 0.0575. The summed E-state index contributed by atoms with van der Waals surface area (Å²) in [4.78, 5) is 0. The Morgan fingerprint density at radius 2 is 2.00 bits per heavy atom. The average molecular weight is 324 g/mol. The Morgan fingerprint density at radius 1 is 1.21 bits per heavy atom. The zero-order chi connectivity index (χ0) is 13.2. The van der Waals surface area contributed by atoms with E-state index in [0.717, 1.165) is 17.3 Å². The van der Waals surface area contributed by atoms with Gasteiger partial charge in [-0.25, -0.2) is 0 Å². The van der Waals surface area contributed by atoms with Gasteiger partial charge in [0.05, 0.1) is 0 Å². The minimum absolute atomic E-state index is 0.0559. The van der Waals surface area contributed by atoms with Crippen LogP contribution in [0.3, 0.4) is 0 Å². The predicted octanol–water partition coefficient (Wildman–Crippen LogP) is 3.14. The maximum absolute atomic E-state index is 5.99. The van der Waals surface area contributed by atoms with Crippen molar-refractivity contribution in [2.24, 2.45) is 0 Å². The zero-order valence-electron chi connectivity index (χ0n) is 10.4. The molecule has 5 heteroatoms. The van der Waals surface area contributed by atoms with E-state index >= 15 is 0 Å². The van der Waals surface area contributed by atoms with Crippen LogP contribution in [0.5, 0.6) is 11.5 Å². The summed E-state index contributed by atoms with van der Waals surface area (Å²) in [5.74, 6) is 2.38. The second kappa shape index (κ2) is 5.27. The summed E-state index contributed by atoms with van der Waals surface area (Å²) < 4.78 is 18.0. The van der Waals surface area contributed by atoms with E-state index in [4.69, 9.17) is 13.9 Å². The highest BCUT2D eigenvalue weighted by Gasteiger charge is 2.31. The fourth-order valence-electron chi connectivity index (χ4n) is 2.21. The van der Waals surface area contributed by atoms with Gasteiger partial charge in [0, 0.05) is 0 Å². The topological polar surface area (TPSA) is 43.6 Å². The van der Waals surface area contributed by atoms with Crippen molar-refractivity contribution in [3.63, 3.8) is 0 Å². The Morgan fingerprint density at radius 3 is 2.68 bits per heavy atom. The van der Waals surface area contributed by atoms with Crippen LogP contribution in [-0.2, 0) is 0 Å². The predicted molar refractivity (Wildman–Crippen MR) is 74.6 cm³/mol. The number of ether oxygens (including phenoxy) is 2. The van der Waals surface area contributed by atoms with Gasteiger partial charge in [0.25, 0.3) is 0 Å². The Labute approximate surface area is 119 Å². The number of rotatable bonds is 3. The van der Waals surface area contributed by atoms with Crippen molar-refractivity contribution in [2.45, 2.75) is 12.1 Å². The van der Waals surface area contributed by atoms with Crippen molar-refractivity contribution in [1.29, 1.82) is 0 Å². The van der Waals surface area contributed by atoms with E-state index < -0.39 is 0 Å². The highest BCUT2D eigenvalue weighted by Crippen LogP contribution is 2.34. The second-order valence-corrected chi connectivity index (χ2v) is 5.10. The molecule has 0 amide bonds. The lowest BCUT2D eigenvalue weighted by atomic mass is 10.1. The molecule has 4 nitrogen and oxygen atoms in total. The lowest BCUT2D eigenvalue weighted by Crippen LogP contribution is -2.40. The fraction of sp³-hybridized carbons (Fsp3) is 0.286. The molecule has 1 aliphatic heterocycles. The summed E-state index contributed by atoms with van der Waals surface area (Å²) in [5, 5.41) is 3.21. The highest BCUT2D eigenvalue weighted by molar-refractivity contribution is 9.10. The van der Waals surface area contributed by atoms with E-state index in [0.29, 0.717) is 11.3 Å². The molecule has 1 N–H and O–H groups in total. The molecule has 3 rings (SSSR count). The number of halogens is 1. The van der Waals surface area contributed by atoms with Crippen molar-refractivity contribution in [3.8, 4) is 11.5 Å². The van der Waals surface area contributed by atoms with Gasteiger partial charge in [-0.05, 0) is 47.2 Å². The summed E-state index contributed by atoms with van der Waals surface area (Å²) in [5.41, 5.74) is 0. The molecule has 2 aromatic rings. The molecule has 0 fully saturated rings. The maximum atomic E-state index is 5.99. The van der Waals surface area contributed by atoms with Gasteiger partial charge in [0.1, 0.15) is 18.4 Å². The summed E-state index contributed by atoms with van der Waals surface area (Å²) >= 11 is 3.31. The normalized spacial score (nSPS) is 19.2. The molecule has 2 heterocycles. The molecular weight excluding hydrogens is 310 g/mol. The third-order valence-corrected chi connectivity index (χ3v) is 3.54. The molecule has 19 heavy (non-hydrogen) atoms. The molecule has 2 atom stereocenters. The molecule has 100 valence electrons. The first kappa shape index (κ1) is 12.6. The molecule has 0 bridgehead atoms. The van der Waals surface area contributed by atoms with Gasteiger partial charge >= 0.3 is 0 Å². The summed E-state index contributed by atoms with van der Waals surface area (Å²) in [7, 11) is 1.88. The monoisotopic (exact) mass is 323 g/mol. The quantitative estimate of drug-likeness (QED) is 0.942. The van der Waals surface area contributed by atoms with Crippen LogP contribution in [0.15, 0.2) is 45.5 Å². The van der Waals surface area contributed by atoms with Gasteiger partial charge < -0.3 is 19.2 Å². The Bertz CT molecular complexity index is 569. The zero-order valence-corrected chi connectivity index (χ0v) is 12.0. The van der Waals surface area contributed by atoms with Crippen molar-refractivity contribution in [1.82, 2.24) is 5.32 Å². The number of benzene rings is 1. The second-order valence-electron chi connectivity index (χ2n) is 4.32. The third-order valence-electron chi connectivity index (χ3n) is 3.11. The SMILES string of the molecule is CNC(c1ccc(Br)o1)C1COc2ccccc2O1. The molecule has 2 unspecified atom stereocenters. The first-order valence-electron chi connectivity index (χ1n) is 6.09. The largest absolute Gasteiger partial charge is 0.486 e. The molecule has 0 aliphatic carbocycles. The smallest absolute Gasteiger partial charge is 0.169 e. The highest BCUT2D eigenvalue weighted by atomic mass is 79.9.